The van der Waals surface area contributed by atoms with E-state index in [1.54, 1.807) is 22.9 Å². The van der Waals surface area contributed by atoms with Crippen molar-refractivity contribution in [1.29, 1.82) is 0 Å². The molecule has 0 amide bonds. The molecular formula is C31H24Cl2N3O3+. The van der Waals surface area contributed by atoms with Crippen molar-refractivity contribution in [3.8, 4) is 11.6 Å². The summed E-state index contributed by atoms with van der Waals surface area (Å²) in [7, 11) is 0. The predicted molar refractivity (Wildman–Crippen MR) is 148 cm³/mol. The molecule has 0 unspecified atom stereocenters. The van der Waals surface area contributed by atoms with Gasteiger partial charge in [0.25, 0.3) is 0 Å². The molecule has 6 rings (SSSR count). The molecule has 4 aromatic carbocycles. The Balaban J connectivity index is 1.63. The lowest BCUT2D eigenvalue weighted by Crippen LogP contribution is -2.62. The smallest absolute Gasteiger partial charge is 0.389 e. The summed E-state index contributed by atoms with van der Waals surface area (Å²) in [6, 6.07) is 34.7. The molecule has 1 fully saturated rings. The van der Waals surface area contributed by atoms with Gasteiger partial charge in [0.15, 0.2) is 0 Å². The Morgan fingerprint density at radius 1 is 0.795 bits per heavy atom. The number of carbonyl (C=O) groups excluding carboxylic acids is 1. The van der Waals surface area contributed by atoms with E-state index in [0.29, 0.717) is 15.8 Å². The Kier molecular flexibility index (Phi) is 6.81. The number of hydrogen-bond acceptors (Lipinski definition) is 4. The van der Waals surface area contributed by atoms with Crippen LogP contribution in [0.25, 0.3) is 0 Å². The van der Waals surface area contributed by atoms with E-state index in [4.69, 9.17) is 37.9 Å². The van der Waals surface area contributed by atoms with Crippen molar-refractivity contribution in [2.24, 2.45) is 0 Å². The van der Waals surface area contributed by atoms with E-state index in [9.17, 15) is 4.79 Å². The Labute approximate surface area is 235 Å². The number of nitrogens with zero attached hydrogens (tertiary/aromatic N) is 2. The third-order valence-electron chi connectivity index (χ3n) is 6.67. The molecule has 0 radical (unpaired) electrons. The fraction of sp³-hybridized carbons (Fsp3) is 0.129. The highest BCUT2D eigenvalue weighted by molar-refractivity contribution is 6.42. The van der Waals surface area contributed by atoms with Crippen LogP contribution >= 0.6 is 23.2 Å². The minimum absolute atomic E-state index is 0.127. The van der Waals surface area contributed by atoms with Crippen LogP contribution in [0.1, 0.15) is 40.0 Å². The first-order valence-electron chi connectivity index (χ1n) is 12.6. The number of hydrogen-bond donors (Lipinski definition) is 1. The van der Waals surface area contributed by atoms with Gasteiger partial charge in [-0.1, -0.05) is 119 Å². The summed E-state index contributed by atoms with van der Waals surface area (Å²) in [5, 5.41) is 8.40. The van der Waals surface area contributed by atoms with Crippen molar-refractivity contribution < 1.29 is 19.0 Å². The molecule has 39 heavy (non-hydrogen) atoms. The number of nitrogens with one attached hydrogen (secondary N) is 1. The largest absolute Gasteiger partial charge is 0.456 e. The van der Waals surface area contributed by atoms with Crippen LogP contribution in [0.15, 0.2) is 109 Å². The standard InChI is InChI=1S/C31H23Cl2N3O3/c32-26-19-18-25(20-27(26)33)38-29-28(30(37)39-24-16-17-24)36(35-34-29)31(21-10-4-1-5-11-21,22-12-6-2-7-13-22)23-14-8-3-9-15-23/h1-15,18-20,24H,16-17H2/p+1. The third-order valence-corrected chi connectivity index (χ3v) is 7.41. The number of aromatic amines is 1. The van der Waals surface area contributed by atoms with Gasteiger partial charge in [0.2, 0.25) is 5.54 Å². The average Bonchev–Trinajstić information content (AvgIpc) is 3.70. The van der Waals surface area contributed by atoms with Crippen LogP contribution in [0.3, 0.4) is 0 Å². The molecule has 0 saturated heterocycles. The van der Waals surface area contributed by atoms with E-state index in [2.05, 4.69) is 5.10 Å². The Morgan fingerprint density at radius 3 is 1.82 bits per heavy atom. The van der Waals surface area contributed by atoms with E-state index in [1.807, 2.05) is 91.0 Å². The summed E-state index contributed by atoms with van der Waals surface area (Å²) in [6.45, 7) is 0. The first-order valence-corrected chi connectivity index (χ1v) is 13.3. The lowest BCUT2D eigenvalue weighted by Gasteiger charge is -2.31. The Hall–Kier alpha value is -4.13. The number of H-pyrrole nitrogens is 1. The maximum Gasteiger partial charge on any atom is 0.389 e. The second kappa shape index (κ2) is 10.6. The summed E-state index contributed by atoms with van der Waals surface area (Å²) in [4.78, 5) is 13.8. The van der Waals surface area contributed by atoms with Crippen LogP contribution in [0, 0.1) is 0 Å². The molecule has 8 heteroatoms. The van der Waals surface area contributed by atoms with Crippen LogP contribution in [-0.2, 0) is 10.3 Å². The molecular weight excluding hydrogens is 533 g/mol. The molecule has 1 saturated carbocycles. The van der Waals surface area contributed by atoms with Crippen molar-refractivity contribution in [1.82, 2.24) is 10.3 Å². The summed E-state index contributed by atoms with van der Waals surface area (Å²) in [5.74, 6) is -0.00917. The maximum atomic E-state index is 13.8. The topological polar surface area (TPSA) is 68.1 Å². The third kappa shape index (κ3) is 4.78. The fourth-order valence-corrected chi connectivity index (χ4v) is 5.03. The van der Waals surface area contributed by atoms with Gasteiger partial charge in [-0.15, -0.1) is 5.10 Å². The number of ether oxygens (including phenoxy) is 2. The van der Waals surface area contributed by atoms with Gasteiger partial charge < -0.3 is 9.47 Å². The highest BCUT2D eigenvalue weighted by atomic mass is 35.5. The molecule has 1 N–H and O–H groups in total. The monoisotopic (exact) mass is 556 g/mol. The molecule has 5 aromatic rings. The van der Waals surface area contributed by atoms with Gasteiger partial charge in [-0.2, -0.15) is 0 Å². The van der Waals surface area contributed by atoms with Crippen molar-refractivity contribution in [3.63, 3.8) is 0 Å². The maximum absolute atomic E-state index is 13.8. The number of esters is 1. The molecule has 6 nitrogen and oxygen atoms in total. The van der Waals surface area contributed by atoms with Gasteiger partial charge >= 0.3 is 17.5 Å². The fourth-order valence-electron chi connectivity index (χ4n) is 4.74. The van der Waals surface area contributed by atoms with E-state index in [1.165, 1.54) is 0 Å². The number of halogens is 2. The van der Waals surface area contributed by atoms with Crippen molar-refractivity contribution in [3.05, 3.63) is 142 Å². The van der Waals surface area contributed by atoms with Crippen molar-refractivity contribution in [2.75, 3.05) is 0 Å². The first-order chi connectivity index (χ1) is 19.1. The molecule has 0 spiro atoms. The summed E-state index contributed by atoms with van der Waals surface area (Å²) < 4.78 is 13.7. The minimum Gasteiger partial charge on any atom is -0.456 e. The number of rotatable bonds is 8. The predicted octanol–water partition coefficient (Wildman–Crippen LogP) is 6.96. The molecule has 0 bridgehead atoms. The second-order valence-electron chi connectivity index (χ2n) is 9.29. The molecule has 1 heterocycles. The van der Waals surface area contributed by atoms with Gasteiger partial charge in [0.05, 0.1) is 15.3 Å². The molecule has 1 aromatic heterocycles. The van der Waals surface area contributed by atoms with Crippen molar-refractivity contribution in [2.45, 2.75) is 24.5 Å². The summed E-state index contributed by atoms with van der Waals surface area (Å²) in [6.07, 6.45) is 1.53. The van der Waals surface area contributed by atoms with Gasteiger partial charge in [-0.05, 0) is 25.0 Å². The summed E-state index contributed by atoms with van der Waals surface area (Å²) >= 11 is 12.4. The van der Waals surface area contributed by atoms with Gasteiger partial charge in [0.1, 0.15) is 11.9 Å². The van der Waals surface area contributed by atoms with Crippen molar-refractivity contribution >= 4 is 29.2 Å². The first kappa shape index (κ1) is 25.2. The zero-order valence-electron chi connectivity index (χ0n) is 20.8. The molecule has 1 aliphatic carbocycles. The molecule has 194 valence electrons. The normalized spacial score (nSPS) is 13.2. The molecule has 0 atom stereocenters. The Bertz CT molecular complexity index is 1510. The zero-order chi connectivity index (χ0) is 26.8. The lowest BCUT2D eigenvalue weighted by atomic mass is 9.77. The van der Waals surface area contributed by atoms with Crippen LogP contribution in [0.2, 0.25) is 10.0 Å². The van der Waals surface area contributed by atoms with Crippen LogP contribution in [0.4, 0.5) is 0 Å². The van der Waals surface area contributed by atoms with E-state index < -0.39 is 11.5 Å². The van der Waals surface area contributed by atoms with Gasteiger partial charge in [-0.3, -0.25) is 0 Å². The van der Waals surface area contributed by atoms with Gasteiger partial charge in [-0.25, -0.2) is 4.79 Å². The second-order valence-corrected chi connectivity index (χ2v) is 10.1. The molecule has 1 aliphatic rings. The number of aromatic nitrogens is 3. The van der Waals surface area contributed by atoms with Crippen LogP contribution < -0.4 is 9.42 Å². The van der Waals surface area contributed by atoms with Crippen LogP contribution in [0.5, 0.6) is 11.6 Å². The highest BCUT2D eigenvalue weighted by Crippen LogP contribution is 2.38. The van der Waals surface area contributed by atoms with Crippen LogP contribution in [-0.4, -0.2) is 22.4 Å². The Morgan fingerprint density at radius 2 is 1.33 bits per heavy atom. The van der Waals surface area contributed by atoms with Gasteiger partial charge in [0, 0.05) is 22.8 Å². The zero-order valence-corrected chi connectivity index (χ0v) is 22.3. The SMILES string of the molecule is O=C(OC1CC1)c1c(Oc2ccc(Cl)c(Cl)c2)[nH]n[n+]1C(c1ccccc1)(c1ccccc1)c1ccccc1. The molecule has 0 aliphatic heterocycles. The number of carbonyl (C=O) groups is 1. The minimum atomic E-state index is -1.04. The highest BCUT2D eigenvalue weighted by Gasteiger charge is 2.50. The van der Waals surface area contributed by atoms with E-state index in [-0.39, 0.29) is 17.7 Å². The van der Waals surface area contributed by atoms with E-state index >= 15 is 0 Å². The summed E-state index contributed by atoms with van der Waals surface area (Å²) in [5.41, 5.74) is 1.81. The lowest BCUT2D eigenvalue weighted by molar-refractivity contribution is -0.789. The number of benzene rings is 4. The quantitative estimate of drug-likeness (QED) is 0.127. The van der Waals surface area contributed by atoms with E-state index in [0.717, 1.165) is 29.5 Å². The average molecular weight is 557 g/mol.